The molecule has 0 aliphatic carbocycles. The van der Waals surface area contributed by atoms with Crippen molar-refractivity contribution in [1.82, 2.24) is 10.1 Å². The summed E-state index contributed by atoms with van der Waals surface area (Å²) in [5.41, 5.74) is 0.531. The van der Waals surface area contributed by atoms with E-state index < -0.39 is 43.7 Å². The lowest BCUT2D eigenvalue weighted by Gasteiger charge is -2.27. The molecule has 4 aromatic carbocycles. The predicted octanol–water partition coefficient (Wildman–Crippen LogP) is 6.36. The molecule has 1 heterocycles. The normalized spacial score (nSPS) is 12.3. The molecule has 5 rings (SSSR count). The van der Waals surface area contributed by atoms with Crippen molar-refractivity contribution >= 4 is 53.9 Å². The van der Waals surface area contributed by atoms with Crippen LogP contribution in [0.5, 0.6) is 0 Å². The summed E-state index contributed by atoms with van der Waals surface area (Å²) in [6.45, 7) is 6.23. The van der Waals surface area contributed by atoms with E-state index in [4.69, 9.17) is 20.9 Å². The summed E-state index contributed by atoms with van der Waals surface area (Å²) in [5, 5.41) is 5.36. The molecule has 0 fully saturated rings. The van der Waals surface area contributed by atoms with Gasteiger partial charge in [-0.3, -0.25) is 9.10 Å². The Bertz CT molecular complexity index is 2090. The van der Waals surface area contributed by atoms with Crippen LogP contribution >= 0.6 is 11.6 Å². The van der Waals surface area contributed by atoms with Crippen molar-refractivity contribution in [1.29, 1.82) is 0 Å². The number of carbonyl (C=O) groups excluding carboxylic acids is 1. The highest BCUT2D eigenvalue weighted by atomic mass is 35.5. The number of carbonyl (C=O) groups is 1. The molecule has 0 bridgehead atoms. The van der Waals surface area contributed by atoms with E-state index in [1.165, 1.54) is 24.3 Å². The van der Waals surface area contributed by atoms with Gasteiger partial charge in [0.25, 0.3) is 15.9 Å². The fourth-order valence-corrected chi connectivity index (χ4v) is 7.78. The van der Waals surface area contributed by atoms with Crippen molar-refractivity contribution in [2.75, 3.05) is 10.8 Å². The largest absolute Gasteiger partial charge is 0.459 e. The van der Waals surface area contributed by atoms with E-state index in [-0.39, 0.29) is 32.2 Å². The molecule has 0 aliphatic heterocycles. The fourth-order valence-electron chi connectivity index (χ4n) is 4.70. The van der Waals surface area contributed by atoms with E-state index >= 15 is 0 Å². The monoisotopic (exact) mass is 667 g/mol. The molecule has 0 amide bonds. The molecule has 45 heavy (non-hydrogen) atoms. The zero-order chi connectivity index (χ0) is 32.6. The maximum Gasteiger partial charge on any atom is 0.327 e. The van der Waals surface area contributed by atoms with Gasteiger partial charge in [-0.15, -0.1) is 0 Å². The van der Waals surface area contributed by atoms with Crippen molar-refractivity contribution in [3.63, 3.8) is 0 Å². The van der Waals surface area contributed by atoms with Crippen molar-refractivity contribution in [3.8, 4) is 11.5 Å². The summed E-state index contributed by atoms with van der Waals surface area (Å²) >= 11 is 6.19. The van der Waals surface area contributed by atoms with Crippen LogP contribution in [-0.4, -0.2) is 45.1 Å². The van der Waals surface area contributed by atoms with Crippen molar-refractivity contribution in [2.45, 2.75) is 48.8 Å². The van der Waals surface area contributed by atoms with E-state index in [0.717, 1.165) is 4.31 Å². The van der Waals surface area contributed by atoms with E-state index in [2.05, 4.69) is 10.1 Å². The molecular weight excluding hydrogens is 638 g/mol. The summed E-state index contributed by atoms with van der Waals surface area (Å²) in [5.74, 6) is -1.09. The van der Waals surface area contributed by atoms with Gasteiger partial charge in [-0.2, -0.15) is 4.98 Å². The molecular formula is C32H30ClN3O7S2. The molecule has 234 valence electrons. The lowest BCUT2D eigenvalue weighted by atomic mass is 10.0. The van der Waals surface area contributed by atoms with Crippen molar-refractivity contribution in [2.24, 2.45) is 0 Å². The number of hydrogen-bond acceptors (Lipinski definition) is 9. The highest BCUT2D eigenvalue weighted by molar-refractivity contribution is 7.93. The number of hydrogen-bond donors (Lipinski definition) is 0. The summed E-state index contributed by atoms with van der Waals surface area (Å²) in [4.78, 5) is 17.3. The highest BCUT2D eigenvalue weighted by Gasteiger charge is 2.30. The Morgan fingerprint density at radius 3 is 2.33 bits per heavy atom. The zero-order valence-corrected chi connectivity index (χ0v) is 27.3. The molecule has 0 N–H and O–H groups in total. The number of benzene rings is 4. The third kappa shape index (κ3) is 7.35. The van der Waals surface area contributed by atoms with Crippen LogP contribution in [0.1, 0.15) is 32.2 Å². The molecule has 0 spiro atoms. The third-order valence-corrected chi connectivity index (χ3v) is 10.2. The molecule has 0 aliphatic rings. The number of fused-ring (bicyclic) bond motifs is 1. The van der Waals surface area contributed by atoms with Gasteiger partial charge in [-0.1, -0.05) is 53.2 Å². The lowest BCUT2D eigenvalue weighted by molar-refractivity contribution is -0.152. The van der Waals surface area contributed by atoms with Crippen LogP contribution in [0, 0.1) is 6.92 Å². The zero-order valence-electron chi connectivity index (χ0n) is 24.9. The van der Waals surface area contributed by atoms with Gasteiger partial charge in [0.2, 0.25) is 0 Å². The van der Waals surface area contributed by atoms with Crippen molar-refractivity contribution in [3.05, 3.63) is 101 Å². The first-order valence-corrected chi connectivity index (χ1v) is 17.2. The second-order valence-corrected chi connectivity index (χ2v) is 15.6. The number of nitrogens with zero attached hydrogens (tertiary/aromatic N) is 3. The Kier molecular flexibility index (Phi) is 8.76. The Morgan fingerprint density at radius 1 is 0.911 bits per heavy atom. The summed E-state index contributed by atoms with van der Waals surface area (Å²) < 4.78 is 65.4. The first kappa shape index (κ1) is 32.1. The first-order chi connectivity index (χ1) is 21.1. The maximum absolute atomic E-state index is 14.0. The Labute approximate surface area is 266 Å². The maximum atomic E-state index is 14.0. The van der Waals surface area contributed by atoms with Gasteiger partial charge in [0, 0.05) is 10.6 Å². The Morgan fingerprint density at radius 2 is 1.64 bits per heavy atom. The average Bonchev–Trinajstić information content (AvgIpc) is 3.41. The SMILES string of the molecule is Cc1cc(Cl)cc(S(=O)(=O)N(CC(=O)OC(C)(C)C)c2ccc3c(-c4nc(CS(=O)(=O)c5ccccc5)no4)cccc3c2)c1. The molecule has 0 saturated carbocycles. The van der Waals surface area contributed by atoms with Crippen LogP contribution in [0.25, 0.3) is 22.2 Å². The number of rotatable bonds is 9. The van der Waals surface area contributed by atoms with Crippen molar-refractivity contribution < 1.29 is 30.9 Å². The smallest absolute Gasteiger partial charge is 0.327 e. The topological polar surface area (TPSA) is 137 Å². The van der Waals surface area contributed by atoms with Gasteiger partial charge >= 0.3 is 5.97 Å². The quantitative estimate of drug-likeness (QED) is 0.164. The summed E-state index contributed by atoms with van der Waals surface area (Å²) in [6.07, 6.45) is 0. The van der Waals surface area contributed by atoms with Gasteiger partial charge in [-0.25, -0.2) is 16.8 Å². The standard InChI is InChI=1S/C32H30ClN3O7S2/c1-21-15-23(33)18-26(16-21)45(40,41)36(19-30(37)42-32(2,3)4)24-13-14-27-22(17-24)9-8-12-28(27)31-34-29(35-43-31)20-44(38,39)25-10-6-5-7-11-25/h5-18H,19-20H2,1-4H3. The third-order valence-electron chi connectivity index (χ3n) is 6.57. The van der Waals surface area contributed by atoms with E-state index in [1.807, 2.05) is 0 Å². The predicted molar refractivity (Wildman–Crippen MR) is 171 cm³/mol. The highest BCUT2D eigenvalue weighted by Crippen LogP contribution is 2.33. The second kappa shape index (κ2) is 12.3. The number of anilines is 1. The van der Waals surface area contributed by atoms with Crippen LogP contribution in [0.15, 0.2) is 99.2 Å². The minimum atomic E-state index is -4.27. The summed E-state index contributed by atoms with van der Waals surface area (Å²) in [7, 11) is -7.96. The van der Waals surface area contributed by atoms with Gasteiger partial charge in [0.15, 0.2) is 15.7 Å². The summed E-state index contributed by atoms with van der Waals surface area (Å²) in [6, 6.07) is 22.5. The molecule has 0 radical (unpaired) electrons. The van der Waals surface area contributed by atoms with Crippen LogP contribution in [0.3, 0.4) is 0 Å². The Balaban J connectivity index is 1.52. The van der Waals surface area contributed by atoms with Gasteiger partial charge in [-0.05, 0) is 92.6 Å². The van der Waals surface area contributed by atoms with Crippen LogP contribution < -0.4 is 4.31 Å². The molecule has 0 atom stereocenters. The van der Waals surface area contributed by atoms with Gasteiger partial charge in [0.1, 0.15) is 17.9 Å². The van der Waals surface area contributed by atoms with E-state index in [0.29, 0.717) is 21.9 Å². The molecule has 0 unspecified atom stereocenters. The lowest BCUT2D eigenvalue weighted by Crippen LogP contribution is -2.39. The van der Waals surface area contributed by atoms with Crippen LogP contribution in [0.4, 0.5) is 5.69 Å². The second-order valence-electron chi connectivity index (χ2n) is 11.4. The molecule has 0 saturated heterocycles. The minimum absolute atomic E-state index is 0.00563. The molecule has 13 heteroatoms. The Hall–Kier alpha value is -4.26. The van der Waals surface area contributed by atoms with Gasteiger partial charge in [0.05, 0.1) is 15.5 Å². The first-order valence-electron chi connectivity index (χ1n) is 13.8. The molecule has 5 aromatic rings. The van der Waals surface area contributed by atoms with E-state index in [9.17, 15) is 21.6 Å². The van der Waals surface area contributed by atoms with Crippen LogP contribution in [0.2, 0.25) is 5.02 Å². The fraction of sp³-hybridized carbons (Fsp3) is 0.219. The number of halogens is 1. The average molecular weight is 668 g/mol. The number of sulfonamides is 1. The number of esters is 1. The van der Waals surface area contributed by atoms with E-state index in [1.54, 1.807) is 88.4 Å². The molecule has 1 aromatic heterocycles. The number of aromatic nitrogens is 2. The number of aryl methyl sites for hydroxylation is 1. The van der Waals surface area contributed by atoms with Crippen LogP contribution in [-0.2, 0) is 35.1 Å². The molecule has 10 nitrogen and oxygen atoms in total. The number of ether oxygens (including phenoxy) is 1. The minimum Gasteiger partial charge on any atom is -0.459 e. The van der Waals surface area contributed by atoms with Gasteiger partial charge < -0.3 is 9.26 Å². The number of sulfone groups is 1.